The molecule has 4 amide bonds. The lowest BCUT2D eigenvalue weighted by Crippen LogP contribution is -2.60. The number of imide groups is 2. The Balaban J connectivity index is 1.57. The largest absolute Gasteiger partial charge is 0.504 e. The number of ether oxygens (including phenoxy) is 1. The zero-order valence-electron chi connectivity index (χ0n) is 21.6. The molecule has 0 aromatic heterocycles. The number of nitrogens with zero attached hydrogens (tertiary/aromatic N) is 2. The number of rotatable bonds is 4. The number of fused-ring (bicyclic) bond motifs is 4. The number of benzene rings is 2. The minimum absolute atomic E-state index is 0.104. The zero-order chi connectivity index (χ0) is 28.7. The van der Waals surface area contributed by atoms with Crippen molar-refractivity contribution in [3.05, 3.63) is 65.5 Å². The molecule has 40 heavy (non-hydrogen) atoms. The quantitative estimate of drug-likeness (QED) is 0.328. The van der Waals surface area contributed by atoms with E-state index in [9.17, 15) is 28.7 Å². The standard InChI is InChI=1S/C29H25Cl2FN2O6/c1-3-33-24(36)18-10-9-17-19(22(18)25(33)37)13-28(30)26(38)34(16-7-5-15(32)6-8-16)27(39)29(28,31)23(17)14-4-11-20(35)21(12-14)40-2/h4-9,11-12,18-19,22-23,35H,3,10,13H2,1-2H3. The molecule has 3 fully saturated rings. The highest BCUT2D eigenvalue weighted by atomic mass is 35.5. The van der Waals surface area contributed by atoms with Crippen LogP contribution in [0.3, 0.4) is 0 Å². The second-order valence-corrected chi connectivity index (χ2v) is 11.8. The van der Waals surface area contributed by atoms with Crippen molar-refractivity contribution in [2.24, 2.45) is 17.8 Å². The van der Waals surface area contributed by atoms with Crippen molar-refractivity contribution in [2.75, 3.05) is 18.6 Å². The Labute approximate surface area is 239 Å². The molecule has 0 bridgehead atoms. The third kappa shape index (κ3) is 3.31. The van der Waals surface area contributed by atoms with E-state index in [0.29, 0.717) is 11.1 Å². The number of anilines is 1. The average Bonchev–Trinajstić information content (AvgIpc) is 3.27. The Morgan fingerprint density at radius 2 is 1.73 bits per heavy atom. The van der Waals surface area contributed by atoms with Crippen molar-refractivity contribution < 1.29 is 33.4 Å². The maximum atomic E-state index is 14.2. The van der Waals surface area contributed by atoms with Gasteiger partial charge in [-0.25, -0.2) is 9.29 Å². The summed E-state index contributed by atoms with van der Waals surface area (Å²) in [5, 5.41) is 10.3. The molecule has 11 heteroatoms. The number of carbonyl (C=O) groups is 4. The van der Waals surface area contributed by atoms with E-state index in [0.717, 1.165) is 17.0 Å². The summed E-state index contributed by atoms with van der Waals surface area (Å²) in [6.07, 6.45) is 1.93. The Bertz CT molecular complexity index is 1510. The number of phenolic OH excluding ortho intramolecular Hbond substituents is 1. The molecular formula is C29H25Cl2FN2O6. The normalized spacial score (nSPS) is 33.1. The van der Waals surface area contributed by atoms with Crippen molar-refractivity contribution in [3.63, 3.8) is 0 Å². The van der Waals surface area contributed by atoms with Crippen molar-refractivity contribution in [3.8, 4) is 11.5 Å². The van der Waals surface area contributed by atoms with Crippen molar-refractivity contribution in [2.45, 2.75) is 35.4 Å². The zero-order valence-corrected chi connectivity index (χ0v) is 23.1. The van der Waals surface area contributed by atoms with Gasteiger partial charge in [0.25, 0.3) is 11.8 Å². The average molecular weight is 587 g/mol. The first-order chi connectivity index (χ1) is 19.0. The number of phenols is 1. The summed E-state index contributed by atoms with van der Waals surface area (Å²) in [4.78, 5) is 53.0. The SMILES string of the molecule is CCN1C(=O)C2CC=C3C(CC4(Cl)C(=O)N(c5ccc(F)cc5)C(=O)C4(Cl)C3c3ccc(O)c(OC)c3)C2C1=O. The van der Waals surface area contributed by atoms with E-state index in [1.54, 1.807) is 13.0 Å². The number of hydrogen-bond donors (Lipinski definition) is 1. The molecule has 2 saturated heterocycles. The van der Waals surface area contributed by atoms with Crippen molar-refractivity contribution >= 4 is 52.5 Å². The molecular weight excluding hydrogens is 562 g/mol. The van der Waals surface area contributed by atoms with Gasteiger partial charge in [-0.3, -0.25) is 24.1 Å². The number of aromatic hydroxyl groups is 1. The topological polar surface area (TPSA) is 104 Å². The highest BCUT2D eigenvalue weighted by Crippen LogP contribution is 2.66. The van der Waals surface area contributed by atoms with Crippen LogP contribution in [0, 0.1) is 23.6 Å². The summed E-state index contributed by atoms with van der Waals surface area (Å²) < 4.78 is 19.0. The lowest BCUT2D eigenvalue weighted by atomic mass is 9.56. The van der Waals surface area contributed by atoms with E-state index in [2.05, 4.69) is 0 Å². The van der Waals surface area contributed by atoms with Gasteiger partial charge in [0.2, 0.25) is 11.8 Å². The highest BCUT2D eigenvalue weighted by molar-refractivity contribution is 6.58. The predicted octanol–water partition coefficient (Wildman–Crippen LogP) is 4.12. The van der Waals surface area contributed by atoms with Crippen LogP contribution < -0.4 is 9.64 Å². The van der Waals surface area contributed by atoms with Crippen LogP contribution in [0.5, 0.6) is 11.5 Å². The van der Waals surface area contributed by atoms with Crippen LogP contribution in [0.25, 0.3) is 0 Å². The Kier molecular flexibility index (Phi) is 6.05. The van der Waals surface area contributed by atoms with Crippen LogP contribution in [-0.4, -0.2) is 57.0 Å². The summed E-state index contributed by atoms with van der Waals surface area (Å²) in [6.45, 7) is 1.94. The van der Waals surface area contributed by atoms with Crippen molar-refractivity contribution in [1.82, 2.24) is 4.90 Å². The van der Waals surface area contributed by atoms with Gasteiger partial charge in [-0.15, -0.1) is 23.2 Å². The first kappa shape index (κ1) is 26.8. The number of hydrogen-bond acceptors (Lipinski definition) is 6. The molecule has 0 spiro atoms. The van der Waals surface area contributed by atoms with Gasteiger partial charge in [0.1, 0.15) is 5.82 Å². The number of alkyl halides is 2. The fourth-order valence-electron chi connectivity index (χ4n) is 7.02. The van der Waals surface area contributed by atoms with E-state index in [-0.39, 0.29) is 48.4 Å². The monoisotopic (exact) mass is 586 g/mol. The van der Waals surface area contributed by atoms with E-state index >= 15 is 0 Å². The lowest BCUT2D eigenvalue weighted by molar-refractivity contribution is -0.140. The molecule has 0 radical (unpaired) electrons. The summed E-state index contributed by atoms with van der Waals surface area (Å²) in [6, 6.07) is 9.31. The molecule has 2 aliphatic carbocycles. The van der Waals surface area contributed by atoms with Crippen LogP contribution >= 0.6 is 23.2 Å². The number of halogens is 3. The number of amides is 4. The van der Waals surface area contributed by atoms with Gasteiger partial charge in [-0.05, 0) is 67.6 Å². The van der Waals surface area contributed by atoms with E-state index < -0.39 is 51.1 Å². The molecule has 1 N–H and O–H groups in total. The third-order valence-electron chi connectivity index (χ3n) is 8.84. The van der Waals surface area contributed by atoms with Gasteiger partial charge in [0.15, 0.2) is 21.2 Å². The molecule has 6 atom stereocenters. The van der Waals surface area contributed by atoms with E-state index in [1.165, 1.54) is 36.3 Å². The number of methoxy groups -OCH3 is 1. The summed E-state index contributed by atoms with van der Waals surface area (Å²) in [5.74, 6) is -5.83. The first-order valence-corrected chi connectivity index (χ1v) is 13.7. The molecule has 2 aromatic carbocycles. The fourth-order valence-corrected chi connectivity index (χ4v) is 7.96. The van der Waals surface area contributed by atoms with E-state index in [4.69, 9.17) is 27.9 Å². The van der Waals surface area contributed by atoms with Crippen LogP contribution in [-0.2, 0) is 19.2 Å². The molecule has 4 aliphatic rings. The predicted molar refractivity (Wildman–Crippen MR) is 144 cm³/mol. The van der Waals surface area contributed by atoms with Gasteiger partial charge >= 0.3 is 0 Å². The second-order valence-electron chi connectivity index (χ2n) is 10.6. The first-order valence-electron chi connectivity index (χ1n) is 12.9. The van der Waals surface area contributed by atoms with Crippen LogP contribution in [0.4, 0.5) is 10.1 Å². The number of likely N-dealkylation sites (tertiary alicyclic amines) is 1. The van der Waals surface area contributed by atoms with Gasteiger partial charge in [0.05, 0.1) is 24.6 Å². The van der Waals surface area contributed by atoms with Gasteiger partial charge in [-0.2, -0.15) is 0 Å². The minimum atomic E-state index is -2.05. The third-order valence-corrected chi connectivity index (χ3v) is 10.3. The minimum Gasteiger partial charge on any atom is -0.504 e. The Morgan fingerprint density at radius 3 is 2.38 bits per heavy atom. The highest BCUT2D eigenvalue weighted by Gasteiger charge is 2.76. The Hall–Kier alpha value is -3.43. The number of allylic oxidation sites excluding steroid dienone is 2. The summed E-state index contributed by atoms with van der Waals surface area (Å²) in [7, 11) is 1.37. The lowest BCUT2D eigenvalue weighted by Gasteiger charge is -2.50. The number of carbonyl (C=O) groups excluding carboxylic acids is 4. The second kappa shape index (κ2) is 9.04. The van der Waals surface area contributed by atoms with Crippen LogP contribution in [0.15, 0.2) is 54.1 Å². The van der Waals surface area contributed by atoms with Gasteiger partial charge in [-0.1, -0.05) is 17.7 Å². The maximum Gasteiger partial charge on any atom is 0.258 e. The smallest absolute Gasteiger partial charge is 0.258 e. The molecule has 2 heterocycles. The van der Waals surface area contributed by atoms with Gasteiger partial charge < -0.3 is 9.84 Å². The summed E-state index contributed by atoms with van der Waals surface area (Å²) >= 11 is 14.5. The van der Waals surface area contributed by atoms with Gasteiger partial charge in [0, 0.05) is 12.5 Å². The fraction of sp³-hybridized carbons (Fsp3) is 0.379. The molecule has 2 aromatic rings. The molecule has 208 valence electrons. The van der Waals surface area contributed by atoms with Crippen LogP contribution in [0.1, 0.15) is 31.2 Å². The van der Waals surface area contributed by atoms with E-state index in [1.807, 2.05) is 6.08 Å². The summed E-state index contributed by atoms with van der Waals surface area (Å²) in [5.41, 5.74) is 1.17. The molecule has 8 nitrogen and oxygen atoms in total. The molecule has 6 rings (SSSR count). The molecule has 1 saturated carbocycles. The molecule has 2 aliphatic heterocycles. The maximum absolute atomic E-state index is 14.2. The van der Waals surface area contributed by atoms with Crippen molar-refractivity contribution in [1.29, 1.82) is 0 Å². The Morgan fingerprint density at radius 1 is 1.02 bits per heavy atom. The molecule has 6 unspecified atom stereocenters. The van der Waals surface area contributed by atoms with Crippen LogP contribution in [0.2, 0.25) is 0 Å².